The summed E-state index contributed by atoms with van der Waals surface area (Å²) in [6.45, 7) is 1.89. The van der Waals surface area contributed by atoms with E-state index in [2.05, 4.69) is 17.4 Å². The Hall–Kier alpha value is -1.80. The maximum atomic E-state index is 14.1. The van der Waals surface area contributed by atoms with Gasteiger partial charge < -0.3 is 15.3 Å². The number of rotatable bonds is 3. The van der Waals surface area contributed by atoms with Gasteiger partial charge in [-0.25, -0.2) is 0 Å². The molecule has 2 heterocycles. The number of piperidine rings is 2. The molecule has 0 bridgehead atoms. The Bertz CT molecular complexity index is 1010. The molecule has 0 saturated carbocycles. The van der Waals surface area contributed by atoms with Gasteiger partial charge in [-0.1, -0.05) is 59.6 Å². The molecule has 2 fully saturated rings. The highest BCUT2D eigenvalue weighted by atomic mass is 35.5. The molecule has 33 heavy (non-hydrogen) atoms. The van der Waals surface area contributed by atoms with Crippen LogP contribution in [-0.4, -0.2) is 48.3 Å². The van der Waals surface area contributed by atoms with Gasteiger partial charge in [0.15, 0.2) is 0 Å². The molecule has 4 rings (SSSR count). The molecule has 2 unspecified atom stereocenters. The molecule has 2 aromatic carbocycles. The van der Waals surface area contributed by atoms with Gasteiger partial charge in [0.25, 0.3) is 11.5 Å². The van der Waals surface area contributed by atoms with Crippen molar-refractivity contribution in [2.45, 2.75) is 37.0 Å². The number of likely N-dealkylation sites (tertiary alicyclic amines) is 1. The minimum atomic E-state index is -5.22. The third-order valence-corrected chi connectivity index (χ3v) is 7.93. The molecule has 2 atom stereocenters. The first-order valence-corrected chi connectivity index (χ1v) is 11.6. The minimum absolute atomic E-state index is 0.0372. The predicted octanol–water partition coefficient (Wildman–Crippen LogP) is 5.13. The maximum absolute atomic E-state index is 14.1. The summed E-state index contributed by atoms with van der Waals surface area (Å²) in [6, 6.07) is 13.1. The smallest absolute Gasteiger partial charge is 0.368 e. The summed E-state index contributed by atoms with van der Waals surface area (Å²) in [5, 5.41) is 14.1. The number of carbonyl (C=O) groups is 1. The third kappa shape index (κ3) is 4.36. The Balaban J connectivity index is 1.59. The van der Waals surface area contributed by atoms with Crippen molar-refractivity contribution >= 4 is 29.1 Å². The van der Waals surface area contributed by atoms with Crippen molar-refractivity contribution in [1.29, 1.82) is 0 Å². The van der Waals surface area contributed by atoms with Crippen LogP contribution in [0.5, 0.6) is 0 Å². The Morgan fingerprint density at radius 3 is 2.30 bits per heavy atom. The quantitative estimate of drug-likeness (QED) is 0.614. The van der Waals surface area contributed by atoms with Gasteiger partial charge in [0.1, 0.15) is 0 Å². The average Bonchev–Trinajstić information content (AvgIpc) is 2.80. The second kappa shape index (κ2) is 9.10. The normalized spacial score (nSPS) is 22.7. The minimum Gasteiger partial charge on any atom is -0.368 e. The zero-order chi connectivity index (χ0) is 23.9. The molecule has 2 aliphatic rings. The summed E-state index contributed by atoms with van der Waals surface area (Å²) >= 11 is 11.7. The van der Waals surface area contributed by atoms with Crippen LogP contribution in [0.15, 0.2) is 48.5 Å². The maximum Gasteiger partial charge on any atom is 0.430 e. The lowest BCUT2D eigenvalue weighted by molar-refractivity contribution is -0.262. The van der Waals surface area contributed by atoms with E-state index >= 15 is 0 Å². The van der Waals surface area contributed by atoms with E-state index in [1.54, 1.807) is 0 Å². The van der Waals surface area contributed by atoms with Crippen LogP contribution < -0.4 is 5.32 Å². The zero-order valence-electron chi connectivity index (χ0n) is 17.8. The van der Waals surface area contributed by atoms with E-state index < -0.39 is 23.2 Å². The fraction of sp³-hybridized carbons (Fsp3) is 0.458. The van der Waals surface area contributed by atoms with E-state index in [1.165, 1.54) is 5.56 Å². The molecular formula is C24H25Cl2F3N2O2. The van der Waals surface area contributed by atoms with E-state index in [-0.39, 0.29) is 34.5 Å². The molecule has 1 spiro atoms. The van der Waals surface area contributed by atoms with Gasteiger partial charge in [0.2, 0.25) is 0 Å². The number of nitrogens with one attached hydrogen (secondary N) is 1. The number of nitrogens with zero attached hydrogens (tertiary/aromatic N) is 1. The van der Waals surface area contributed by atoms with E-state index in [0.717, 1.165) is 42.6 Å². The summed E-state index contributed by atoms with van der Waals surface area (Å²) < 4.78 is 42.2. The van der Waals surface area contributed by atoms with Crippen molar-refractivity contribution in [3.05, 3.63) is 69.7 Å². The number of benzene rings is 2. The van der Waals surface area contributed by atoms with E-state index in [4.69, 9.17) is 23.2 Å². The van der Waals surface area contributed by atoms with Gasteiger partial charge in [-0.3, -0.25) is 4.79 Å². The highest BCUT2D eigenvalue weighted by Gasteiger charge is 2.62. The molecular weight excluding hydrogens is 476 g/mol. The van der Waals surface area contributed by atoms with Crippen molar-refractivity contribution < 1.29 is 23.1 Å². The molecule has 0 aromatic heterocycles. The van der Waals surface area contributed by atoms with Crippen molar-refractivity contribution in [1.82, 2.24) is 10.2 Å². The fourth-order valence-electron chi connectivity index (χ4n) is 5.24. The largest absolute Gasteiger partial charge is 0.430 e. The van der Waals surface area contributed by atoms with Gasteiger partial charge in [0.05, 0.1) is 10.0 Å². The van der Waals surface area contributed by atoms with Crippen LogP contribution in [0.2, 0.25) is 10.0 Å². The monoisotopic (exact) mass is 500 g/mol. The lowest BCUT2D eigenvalue weighted by Gasteiger charge is -2.50. The lowest BCUT2D eigenvalue weighted by atomic mass is 9.62. The molecule has 4 nitrogen and oxygen atoms in total. The van der Waals surface area contributed by atoms with Crippen LogP contribution in [-0.2, 0) is 10.4 Å². The molecule has 2 aromatic rings. The number of aliphatic hydroxyl groups is 1. The molecule has 2 saturated heterocycles. The molecule has 9 heteroatoms. The van der Waals surface area contributed by atoms with Gasteiger partial charge in [-0.2, -0.15) is 13.2 Å². The second-order valence-electron chi connectivity index (χ2n) is 8.91. The second-order valence-corrected chi connectivity index (χ2v) is 9.72. The molecule has 2 aliphatic heterocycles. The van der Waals surface area contributed by atoms with Crippen LogP contribution >= 0.6 is 23.2 Å². The van der Waals surface area contributed by atoms with E-state index in [0.29, 0.717) is 12.8 Å². The number of hydrogen-bond donors (Lipinski definition) is 2. The van der Waals surface area contributed by atoms with Crippen molar-refractivity contribution in [2.24, 2.45) is 5.41 Å². The van der Waals surface area contributed by atoms with Gasteiger partial charge >= 0.3 is 6.18 Å². The fourth-order valence-corrected chi connectivity index (χ4v) is 5.54. The standard InChI is InChI=1S/C24H25Cl2F3N2O2/c25-19-7-6-17(14-20(19)26)23(33,24(27,28)29)21(32)31-12-9-22(10-13-31)8-11-30-15-18(22)16-4-2-1-3-5-16/h1-7,14,18,30,33H,8-13,15H2. The van der Waals surface area contributed by atoms with E-state index in [9.17, 15) is 23.1 Å². The van der Waals surface area contributed by atoms with Crippen LogP contribution in [0, 0.1) is 5.41 Å². The summed E-state index contributed by atoms with van der Waals surface area (Å²) in [6.07, 6.45) is -3.22. The first-order valence-electron chi connectivity index (χ1n) is 10.9. The van der Waals surface area contributed by atoms with Crippen LogP contribution in [0.3, 0.4) is 0 Å². The van der Waals surface area contributed by atoms with Crippen molar-refractivity contribution in [3.8, 4) is 0 Å². The molecule has 2 N–H and O–H groups in total. The number of carbonyl (C=O) groups excluding carboxylic acids is 1. The summed E-state index contributed by atoms with van der Waals surface area (Å²) in [4.78, 5) is 14.3. The molecule has 178 valence electrons. The Morgan fingerprint density at radius 1 is 1.03 bits per heavy atom. The Kier molecular flexibility index (Phi) is 6.71. The number of amides is 1. The first kappa shape index (κ1) is 24.3. The van der Waals surface area contributed by atoms with Gasteiger partial charge in [-0.05, 0) is 48.9 Å². The number of halogens is 5. The van der Waals surface area contributed by atoms with Crippen molar-refractivity contribution in [2.75, 3.05) is 26.2 Å². The molecule has 0 aliphatic carbocycles. The predicted molar refractivity (Wildman–Crippen MR) is 121 cm³/mol. The average molecular weight is 501 g/mol. The number of alkyl halides is 3. The third-order valence-electron chi connectivity index (χ3n) is 7.19. The SMILES string of the molecule is O=C(N1CCC2(CCNCC2c2ccccc2)CC1)C(O)(c1ccc(Cl)c(Cl)c1)C(F)(F)F. The summed E-state index contributed by atoms with van der Waals surface area (Å²) in [7, 11) is 0. The summed E-state index contributed by atoms with van der Waals surface area (Å²) in [5.74, 6) is -1.17. The van der Waals surface area contributed by atoms with Crippen molar-refractivity contribution in [3.63, 3.8) is 0 Å². The lowest BCUT2D eigenvalue weighted by Crippen LogP contribution is -2.59. The highest BCUT2D eigenvalue weighted by Crippen LogP contribution is 2.50. The number of hydrogen-bond acceptors (Lipinski definition) is 3. The Morgan fingerprint density at radius 2 is 1.70 bits per heavy atom. The topological polar surface area (TPSA) is 52.6 Å². The Labute approximate surface area is 200 Å². The van der Waals surface area contributed by atoms with Crippen LogP contribution in [0.25, 0.3) is 0 Å². The van der Waals surface area contributed by atoms with Gasteiger partial charge in [-0.15, -0.1) is 0 Å². The van der Waals surface area contributed by atoms with Crippen LogP contribution in [0.4, 0.5) is 13.2 Å². The zero-order valence-corrected chi connectivity index (χ0v) is 19.4. The molecule has 1 amide bonds. The van der Waals surface area contributed by atoms with Gasteiger partial charge in [0, 0.05) is 31.1 Å². The van der Waals surface area contributed by atoms with Crippen LogP contribution in [0.1, 0.15) is 36.3 Å². The summed E-state index contributed by atoms with van der Waals surface area (Å²) in [5.41, 5.74) is -3.26. The van der Waals surface area contributed by atoms with E-state index in [1.807, 2.05) is 18.2 Å². The molecule has 0 radical (unpaired) electrons. The first-order chi connectivity index (χ1) is 15.6. The highest BCUT2D eigenvalue weighted by molar-refractivity contribution is 6.42.